The quantitative estimate of drug-likeness (QED) is 0.754. The Kier molecular flexibility index (Phi) is 5.25. The number of benzene rings is 1. The summed E-state index contributed by atoms with van der Waals surface area (Å²) in [6.07, 6.45) is 2.64. The molecule has 1 atom stereocenters. The van der Waals surface area contributed by atoms with Crippen molar-refractivity contribution in [3.63, 3.8) is 0 Å². The van der Waals surface area contributed by atoms with E-state index >= 15 is 0 Å². The van der Waals surface area contributed by atoms with Gasteiger partial charge in [-0.15, -0.1) is 0 Å². The molecule has 0 bridgehead atoms. The normalized spacial score (nSPS) is 19.8. The number of carbonyl (C=O) groups is 3. The molecule has 1 N–H and O–H groups in total. The Balaban J connectivity index is 1.56. The van der Waals surface area contributed by atoms with Crippen molar-refractivity contribution < 1.29 is 20.5 Å². The molecule has 1 aliphatic rings. The molecule has 1 aromatic carbocycles. The smallest absolute Gasteiger partial charge is 0.286 e. The van der Waals surface area contributed by atoms with E-state index in [0.717, 1.165) is 17.5 Å². The largest absolute Gasteiger partial charge is 0.485 e. The lowest BCUT2D eigenvalue weighted by Gasteiger charge is -2.08. The second kappa shape index (κ2) is 8.14. The van der Waals surface area contributed by atoms with Gasteiger partial charge in [-0.3, -0.25) is 24.7 Å². The number of nitrogens with zero attached hydrogens (tertiary/aromatic N) is 1. The number of nitrogens with one attached hydrogen (secondary N) is 1. The summed E-state index contributed by atoms with van der Waals surface area (Å²) in [6.45, 7) is 1.89. The summed E-state index contributed by atoms with van der Waals surface area (Å²) in [4.78, 5) is 39.3. The lowest BCUT2D eigenvalue weighted by molar-refractivity contribution is -0.118. The van der Waals surface area contributed by atoms with Crippen LogP contribution in [0.3, 0.4) is 0 Å². The van der Waals surface area contributed by atoms with Gasteiger partial charge < -0.3 is 4.74 Å². The minimum atomic E-state index is -1.55. The van der Waals surface area contributed by atoms with Gasteiger partial charge in [0.25, 0.3) is 5.24 Å². The Morgan fingerprint density at radius 1 is 1.23 bits per heavy atom. The summed E-state index contributed by atoms with van der Waals surface area (Å²) in [5.74, 6) is -0.328. The molecular weight excluding hydrogens is 352 g/mol. The van der Waals surface area contributed by atoms with Gasteiger partial charge in [-0.1, -0.05) is 36.9 Å². The van der Waals surface area contributed by atoms with Crippen LogP contribution in [0.15, 0.2) is 42.6 Å². The molecule has 26 heavy (non-hydrogen) atoms. The molecule has 0 spiro atoms. The fraction of sp³-hybridized carbons (Fsp3) is 0.263. The van der Waals surface area contributed by atoms with Gasteiger partial charge in [0.15, 0.2) is 6.61 Å². The van der Waals surface area contributed by atoms with Gasteiger partial charge in [0, 0.05) is 6.20 Å². The number of aromatic nitrogens is 1. The molecule has 0 unspecified atom stereocenters. The van der Waals surface area contributed by atoms with Crippen molar-refractivity contribution in [3.05, 3.63) is 59.4 Å². The molecule has 134 valence electrons. The van der Waals surface area contributed by atoms with Crippen LogP contribution in [-0.4, -0.2) is 33.7 Å². The SMILES string of the molecule is [2H][C@]1(Cc2ccc(OCC(=O)c3ccc(CC)cn3)cc2)SC(=O)NC1=O. The molecule has 1 aliphatic heterocycles. The van der Waals surface area contributed by atoms with Crippen molar-refractivity contribution in [2.45, 2.75) is 25.0 Å². The molecule has 2 amide bonds. The average molecular weight is 371 g/mol. The molecular formula is C19H18N2O4S. The van der Waals surface area contributed by atoms with E-state index in [2.05, 4.69) is 10.3 Å². The monoisotopic (exact) mass is 371 g/mol. The number of carbonyl (C=O) groups excluding carboxylic acids is 3. The number of pyridine rings is 1. The fourth-order valence-electron chi connectivity index (χ4n) is 2.37. The number of hydrogen-bond donors (Lipinski definition) is 1. The van der Waals surface area contributed by atoms with Crippen LogP contribution in [0.4, 0.5) is 4.79 Å². The van der Waals surface area contributed by atoms with Crippen LogP contribution in [0.1, 0.15) is 29.9 Å². The Bertz CT molecular complexity index is 870. The Labute approximate surface area is 156 Å². The molecule has 3 rings (SSSR count). The first-order valence-electron chi connectivity index (χ1n) is 8.64. The summed E-state index contributed by atoms with van der Waals surface area (Å²) in [6, 6.07) is 10.3. The van der Waals surface area contributed by atoms with Crippen molar-refractivity contribution in [3.8, 4) is 5.75 Å². The number of Topliss-reactive ketones (excluding diaryl/α,β-unsaturated/α-hetero) is 1. The van der Waals surface area contributed by atoms with Crippen LogP contribution < -0.4 is 10.1 Å². The highest BCUT2D eigenvalue weighted by Gasteiger charge is 2.31. The second-order valence-electron chi connectivity index (χ2n) is 5.70. The Morgan fingerprint density at radius 2 is 1.96 bits per heavy atom. The highest BCUT2D eigenvalue weighted by molar-refractivity contribution is 8.15. The van der Waals surface area contributed by atoms with Gasteiger partial charge in [0.1, 0.15) is 11.4 Å². The highest BCUT2D eigenvalue weighted by atomic mass is 32.2. The van der Waals surface area contributed by atoms with E-state index in [0.29, 0.717) is 23.2 Å². The standard InChI is InChI=1S/C19H18N2O4S/c1-2-12-5-8-15(20-10-12)16(22)11-25-14-6-3-13(4-7-14)9-17-18(23)21-19(24)26-17/h3-8,10,17H,2,9,11H2,1H3,(H,21,23,24)/t17-/m1/s1/i17D. The van der Waals surface area contributed by atoms with Gasteiger partial charge in [0.05, 0.1) is 6.60 Å². The maximum absolute atomic E-state index is 12.1. The maximum atomic E-state index is 12.1. The van der Waals surface area contributed by atoms with Gasteiger partial charge in [-0.05, 0) is 42.2 Å². The van der Waals surface area contributed by atoms with Crippen LogP contribution in [-0.2, 0) is 17.6 Å². The van der Waals surface area contributed by atoms with Crippen molar-refractivity contribution in [1.29, 1.82) is 0 Å². The van der Waals surface area contributed by atoms with Crippen molar-refractivity contribution in [1.82, 2.24) is 10.3 Å². The van der Waals surface area contributed by atoms with E-state index in [1.54, 1.807) is 36.5 Å². The first kappa shape index (κ1) is 16.8. The van der Waals surface area contributed by atoms with Crippen molar-refractivity contribution in [2.24, 2.45) is 0 Å². The zero-order chi connectivity index (χ0) is 19.4. The first-order chi connectivity index (χ1) is 12.9. The maximum Gasteiger partial charge on any atom is 0.286 e. The molecule has 1 aromatic heterocycles. The number of rotatable bonds is 7. The summed E-state index contributed by atoms with van der Waals surface area (Å²) in [7, 11) is 0. The summed E-state index contributed by atoms with van der Waals surface area (Å²) in [5.41, 5.74) is 2.14. The van der Waals surface area contributed by atoms with Crippen LogP contribution in [0.5, 0.6) is 5.75 Å². The van der Waals surface area contributed by atoms with E-state index in [9.17, 15) is 14.4 Å². The molecule has 0 aliphatic carbocycles. The fourth-order valence-corrected chi connectivity index (χ4v) is 3.12. The predicted octanol–water partition coefficient (Wildman–Crippen LogP) is 2.80. The minimum Gasteiger partial charge on any atom is -0.485 e. The topological polar surface area (TPSA) is 85.4 Å². The van der Waals surface area contributed by atoms with E-state index in [4.69, 9.17) is 6.11 Å². The number of hydrogen-bond acceptors (Lipinski definition) is 6. The third kappa shape index (κ3) is 4.49. The number of thioether (sulfide) groups is 1. The molecule has 6 nitrogen and oxygen atoms in total. The van der Waals surface area contributed by atoms with E-state index in [-0.39, 0.29) is 18.8 Å². The lowest BCUT2D eigenvalue weighted by atomic mass is 10.1. The van der Waals surface area contributed by atoms with Crippen molar-refractivity contribution >= 4 is 28.7 Å². The molecule has 2 aromatic rings. The van der Waals surface area contributed by atoms with E-state index in [1.807, 2.05) is 13.0 Å². The number of aryl methyl sites for hydroxylation is 1. The zero-order valence-electron chi connectivity index (χ0n) is 15.2. The van der Waals surface area contributed by atoms with Gasteiger partial charge in [-0.25, -0.2) is 0 Å². The van der Waals surface area contributed by atoms with E-state index in [1.165, 1.54) is 0 Å². The summed E-state index contributed by atoms with van der Waals surface area (Å²) < 4.78 is 13.6. The van der Waals surface area contributed by atoms with Gasteiger partial charge in [0.2, 0.25) is 11.7 Å². The Hall–Kier alpha value is -2.67. The average Bonchev–Trinajstić information content (AvgIpc) is 2.92. The van der Waals surface area contributed by atoms with Gasteiger partial charge in [-0.2, -0.15) is 0 Å². The number of ether oxygens (including phenoxy) is 1. The molecule has 7 heteroatoms. The van der Waals surface area contributed by atoms with Crippen LogP contribution >= 0.6 is 11.8 Å². The third-order valence-electron chi connectivity index (χ3n) is 3.86. The summed E-state index contributed by atoms with van der Waals surface area (Å²) in [5, 5.41) is 0.0686. The van der Waals surface area contributed by atoms with Gasteiger partial charge >= 0.3 is 0 Å². The molecule has 2 heterocycles. The first-order valence-corrected chi connectivity index (χ1v) is 8.95. The summed E-state index contributed by atoms with van der Waals surface area (Å²) >= 11 is 0.674. The lowest BCUT2D eigenvalue weighted by Crippen LogP contribution is -2.25. The molecule has 0 radical (unpaired) electrons. The number of ketones is 1. The van der Waals surface area contributed by atoms with Crippen molar-refractivity contribution in [2.75, 3.05) is 6.61 Å². The molecule has 1 fully saturated rings. The predicted molar refractivity (Wildman–Crippen MR) is 98.5 cm³/mol. The number of amides is 2. The van der Waals surface area contributed by atoms with E-state index < -0.39 is 16.4 Å². The molecule has 1 saturated heterocycles. The van der Waals surface area contributed by atoms with Crippen LogP contribution in [0.25, 0.3) is 0 Å². The number of imide groups is 1. The van der Waals surface area contributed by atoms with Crippen LogP contribution in [0, 0.1) is 0 Å². The second-order valence-corrected chi connectivity index (χ2v) is 6.77. The third-order valence-corrected chi connectivity index (χ3v) is 4.72. The zero-order valence-corrected chi connectivity index (χ0v) is 15.0. The Morgan fingerprint density at radius 3 is 2.54 bits per heavy atom. The minimum absolute atomic E-state index is 0.0994. The van der Waals surface area contributed by atoms with Crippen LogP contribution in [0.2, 0.25) is 0 Å². The molecule has 0 saturated carbocycles. The highest BCUT2D eigenvalue weighted by Crippen LogP contribution is 2.23.